The third kappa shape index (κ3) is 3.75. The van der Waals surface area contributed by atoms with Gasteiger partial charge >= 0.3 is 11.9 Å². The van der Waals surface area contributed by atoms with Crippen molar-refractivity contribution in [3.63, 3.8) is 0 Å². The van der Waals surface area contributed by atoms with Crippen LogP contribution in [0, 0.1) is 0 Å². The number of nitrogens with one attached hydrogen (secondary N) is 1. The Hall–Kier alpha value is -2.10. The summed E-state index contributed by atoms with van der Waals surface area (Å²) in [6.07, 6.45) is -4.50. The second-order valence-corrected chi connectivity index (χ2v) is 5.52. The van der Waals surface area contributed by atoms with E-state index >= 15 is 0 Å². The van der Waals surface area contributed by atoms with Crippen molar-refractivity contribution in [2.45, 2.75) is 19.1 Å². The van der Waals surface area contributed by atoms with E-state index < -0.39 is 17.7 Å². The summed E-state index contributed by atoms with van der Waals surface area (Å²) in [6, 6.07) is 3.63. The molecule has 0 radical (unpaired) electrons. The molecule has 120 valence electrons. The normalized spacial score (nSPS) is 11.6. The number of carbonyl (C=O) groups excluding carboxylic acids is 1. The molecule has 0 fully saturated rings. The lowest BCUT2D eigenvalue weighted by Crippen LogP contribution is -2.32. The molecular weight excluding hydrogens is 321 g/mol. The number of aromatic nitrogens is 3. The summed E-state index contributed by atoms with van der Waals surface area (Å²) in [4.78, 5) is 24.1. The number of alkyl halides is 3. The van der Waals surface area contributed by atoms with Gasteiger partial charge in [0.15, 0.2) is 0 Å². The first-order valence-corrected chi connectivity index (χ1v) is 7.17. The van der Waals surface area contributed by atoms with Gasteiger partial charge in [-0.3, -0.25) is 9.36 Å². The van der Waals surface area contributed by atoms with Crippen LogP contribution >= 0.6 is 11.3 Å². The minimum Gasteiger partial charge on any atom is -0.354 e. The highest BCUT2D eigenvalue weighted by atomic mass is 32.1. The minimum atomic E-state index is -4.69. The fourth-order valence-electron chi connectivity index (χ4n) is 1.82. The van der Waals surface area contributed by atoms with Crippen LogP contribution in [-0.2, 0) is 31.0 Å². The maximum atomic E-state index is 12.6. The smallest absolute Gasteiger partial charge is 0.354 e. The lowest BCUT2D eigenvalue weighted by Gasteiger charge is -2.04. The van der Waals surface area contributed by atoms with E-state index in [9.17, 15) is 22.8 Å². The van der Waals surface area contributed by atoms with Gasteiger partial charge in [0.25, 0.3) is 0 Å². The van der Waals surface area contributed by atoms with E-state index in [0.717, 1.165) is 11.9 Å². The third-order valence-electron chi connectivity index (χ3n) is 2.86. The molecule has 2 heterocycles. The lowest BCUT2D eigenvalue weighted by molar-refractivity contribution is -0.147. The van der Waals surface area contributed by atoms with Crippen molar-refractivity contribution in [3.05, 3.63) is 38.7 Å². The Balaban J connectivity index is 1.92. The number of halogens is 3. The van der Waals surface area contributed by atoms with Crippen LogP contribution in [0.5, 0.6) is 0 Å². The Morgan fingerprint density at radius 3 is 2.73 bits per heavy atom. The molecule has 10 heteroatoms. The molecule has 0 saturated heterocycles. The van der Waals surface area contributed by atoms with Crippen molar-refractivity contribution in [3.8, 4) is 0 Å². The van der Waals surface area contributed by atoms with Crippen molar-refractivity contribution in [1.29, 1.82) is 0 Å². The summed E-state index contributed by atoms with van der Waals surface area (Å²) in [5.74, 6) is -1.52. The summed E-state index contributed by atoms with van der Waals surface area (Å²) in [5, 5.41) is 7.63. The van der Waals surface area contributed by atoms with Gasteiger partial charge in [-0.15, -0.1) is 16.4 Å². The average molecular weight is 334 g/mol. The Morgan fingerprint density at radius 1 is 1.45 bits per heavy atom. The van der Waals surface area contributed by atoms with Crippen molar-refractivity contribution in [1.82, 2.24) is 19.7 Å². The summed E-state index contributed by atoms with van der Waals surface area (Å²) >= 11 is 1.43. The molecule has 22 heavy (non-hydrogen) atoms. The van der Waals surface area contributed by atoms with Crippen molar-refractivity contribution >= 4 is 17.2 Å². The number of carbonyl (C=O) groups is 1. The quantitative estimate of drug-likeness (QED) is 0.888. The van der Waals surface area contributed by atoms with E-state index in [0.29, 0.717) is 9.25 Å². The molecule has 0 aliphatic rings. The van der Waals surface area contributed by atoms with Gasteiger partial charge in [-0.25, -0.2) is 9.48 Å². The zero-order chi connectivity index (χ0) is 16.3. The van der Waals surface area contributed by atoms with Gasteiger partial charge in [-0.1, -0.05) is 6.07 Å². The molecule has 0 spiro atoms. The van der Waals surface area contributed by atoms with Crippen LogP contribution in [0.3, 0.4) is 0 Å². The molecule has 0 atom stereocenters. The molecule has 0 saturated carbocycles. The molecule has 0 aliphatic carbocycles. The SMILES string of the molecule is Cn1c(C(F)(F)F)nn(CCNC(=O)Cc2cccs2)c1=O. The molecule has 2 aromatic heterocycles. The Morgan fingerprint density at radius 2 is 2.18 bits per heavy atom. The van der Waals surface area contributed by atoms with Crippen LogP contribution in [0.2, 0.25) is 0 Å². The number of hydrogen-bond donors (Lipinski definition) is 1. The molecule has 0 unspecified atom stereocenters. The van der Waals surface area contributed by atoms with E-state index in [1.54, 1.807) is 0 Å². The topological polar surface area (TPSA) is 68.9 Å². The monoisotopic (exact) mass is 334 g/mol. The Labute approximate surface area is 127 Å². The summed E-state index contributed by atoms with van der Waals surface area (Å²) < 4.78 is 38.9. The van der Waals surface area contributed by atoms with Crippen LogP contribution in [0.1, 0.15) is 10.7 Å². The Kier molecular flexibility index (Phi) is 4.69. The zero-order valence-corrected chi connectivity index (χ0v) is 12.4. The molecule has 6 nitrogen and oxygen atoms in total. The maximum Gasteiger partial charge on any atom is 0.451 e. The predicted molar refractivity (Wildman–Crippen MR) is 73.5 cm³/mol. The van der Waals surface area contributed by atoms with Crippen molar-refractivity contribution < 1.29 is 18.0 Å². The number of nitrogens with zero attached hydrogens (tertiary/aromatic N) is 3. The molecular formula is C12H13F3N4O2S. The first-order valence-electron chi connectivity index (χ1n) is 6.29. The highest BCUT2D eigenvalue weighted by Crippen LogP contribution is 2.25. The highest BCUT2D eigenvalue weighted by Gasteiger charge is 2.37. The first-order chi connectivity index (χ1) is 10.3. The third-order valence-corrected chi connectivity index (χ3v) is 3.73. The second-order valence-electron chi connectivity index (χ2n) is 4.49. The van der Waals surface area contributed by atoms with Crippen molar-refractivity contribution in [2.75, 3.05) is 6.54 Å². The molecule has 2 rings (SSSR count). The standard InChI is InChI=1S/C12H13F3N4O2S/c1-18-10(12(13,14)15)17-19(11(18)21)5-4-16-9(20)7-8-3-2-6-22-8/h2-3,6H,4-5,7H2,1H3,(H,16,20). The van der Waals surface area contributed by atoms with Gasteiger partial charge in [0, 0.05) is 18.5 Å². The molecule has 1 N–H and O–H groups in total. The van der Waals surface area contributed by atoms with Crippen LogP contribution in [0.25, 0.3) is 0 Å². The summed E-state index contributed by atoms with van der Waals surface area (Å²) in [5.41, 5.74) is -0.875. The van der Waals surface area contributed by atoms with Crippen LogP contribution in [0.15, 0.2) is 22.3 Å². The summed E-state index contributed by atoms with van der Waals surface area (Å²) in [7, 11) is 1.00. The lowest BCUT2D eigenvalue weighted by atomic mass is 10.3. The van der Waals surface area contributed by atoms with Crippen LogP contribution in [0.4, 0.5) is 13.2 Å². The predicted octanol–water partition coefficient (Wildman–Crippen LogP) is 1.02. The van der Waals surface area contributed by atoms with Gasteiger partial charge in [-0.2, -0.15) is 13.2 Å². The molecule has 2 aromatic rings. The van der Waals surface area contributed by atoms with Crippen LogP contribution in [-0.4, -0.2) is 26.8 Å². The maximum absolute atomic E-state index is 12.6. The van der Waals surface area contributed by atoms with E-state index in [1.807, 2.05) is 17.5 Å². The summed E-state index contributed by atoms with van der Waals surface area (Å²) in [6.45, 7) is -0.0998. The van der Waals surface area contributed by atoms with E-state index in [1.165, 1.54) is 11.3 Å². The highest BCUT2D eigenvalue weighted by molar-refractivity contribution is 7.10. The molecule has 0 aliphatic heterocycles. The largest absolute Gasteiger partial charge is 0.451 e. The fourth-order valence-corrected chi connectivity index (χ4v) is 2.52. The van der Waals surface area contributed by atoms with Gasteiger partial charge in [0.1, 0.15) is 0 Å². The first kappa shape index (κ1) is 16.3. The van der Waals surface area contributed by atoms with Gasteiger partial charge in [-0.05, 0) is 11.4 Å². The molecule has 0 aromatic carbocycles. The van der Waals surface area contributed by atoms with E-state index in [-0.39, 0.29) is 25.4 Å². The number of hydrogen-bond acceptors (Lipinski definition) is 4. The zero-order valence-electron chi connectivity index (χ0n) is 11.6. The van der Waals surface area contributed by atoms with Gasteiger partial charge in [0.05, 0.1) is 13.0 Å². The molecule has 0 bridgehead atoms. The fraction of sp³-hybridized carbons (Fsp3) is 0.417. The van der Waals surface area contributed by atoms with E-state index in [2.05, 4.69) is 10.4 Å². The van der Waals surface area contributed by atoms with E-state index in [4.69, 9.17) is 0 Å². The average Bonchev–Trinajstić information content (AvgIpc) is 3.01. The van der Waals surface area contributed by atoms with Crippen molar-refractivity contribution in [2.24, 2.45) is 7.05 Å². The second kappa shape index (κ2) is 6.34. The molecule has 1 amide bonds. The van der Waals surface area contributed by atoms with Gasteiger partial charge < -0.3 is 5.32 Å². The number of thiophene rings is 1. The minimum absolute atomic E-state index is 0.0262. The van der Waals surface area contributed by atoms with Gasteiger partial charge in [0.2, 0.25) is 11.7 Å². The van der Waals surface area contributed by atoms with Crippen LogP contribution < -0.4 is 11.0 Å². The Bertz CT molecular complexity index is 703. The number of rotatable bonds is 5. The number of amides is 1.